The third kappa shape index (κ3) is 4.02. The Balaban J connectivity index is 1.55. The molecule has 0 radical (unpaired) electrons. The van der Waals surface area contributed by atoms with E-state index in [1.54, 1.807) is 24.3 Å². The highest BCUT2D eigenvalue weighted by atomic mass is 35.5. The van der Waals surface area contributed by atoms with Gasteiger partial charge in [0.2, 0.25) is 0 Å². The Hall–Kier alpha value is -2.50. The van der Waals surface area contributed by atoms with Gasteiger partial charge >= 0.3 is 5.97 Å². The highest BCUT2D eigenvalue weighted by Crippen LogP contribution is 2.46. The van der Waals surface area contributed by atoms with Gasteiger partial charge in [0.25, 0.3) is 0 Å². The van der Waals surface area contributed by atoms with E-state index in [9.17, 15) is 15.0 Å². The van der Waals surface area contributed by atoms with E-state index in [0.29, 0.717) is 12.5 Å². The first-order valence-electron chi connectivity index (χ1n) is 11.7. The number of aliphatic hydroxyl groups is 1. The van der Waals surface area contributed by atoms with Crippen molar-refractivity contribution < 1.29 is 19.7 Å². The van der Waals surface area contributed by atoms with Crippen LogP contribution in [0.1, 0.15) is 47.2 Å². The second-order valence-corrected chi connectivity index (χ2v) is 10.3. The average molecular weight is 468 g/mol. The topological polar surface area (TPSA) is 70.0 Å². The van der Waals surface area contributed by atoms with Crippen molar-refractivity contribution in [1.29, 1.82) is 0 Å². The van der Waals surface area contributed by atoms with Crippen LogP contribution in [0.15, 0.2) is 49.1 Å². The third-order valence-electron chi connectivity index (χ3n) is 7.90. The van der Waals surface area contributed by atoms with Crippen molar-refractivity contribution in [3.63, 3.8) is 0 Å². The molecular formula is C27H30ClNO4. The van der Waals surface area contributed by atoms with Crippen molar-refractivity contribution >= 4 is 23.3 Å². The summed E-state index contributed by atoms with van der Waals surface area (Å²) >= 11 is 6.31. The van der Waals surface area contributed by atoms with Crippen molar-refractivity contribution in [2.45, 2.75) is 43.6 Å². The lowest BCUT2D eigenvalue weighted by molar-refractivity contribution is 0.0460. The van der Waals surface area contributed by atoms with E-state index < -0.39 is 12.1 Å². The van der Waals surface area contributed by atoms with Crippen LogP contribution in [-0.2, 0) is 11.8 Å². The summed E-state index contributed by atoms with van der Waals surface area (Å²) < 4.78 is 6.39. The van der Waals surface area contributed by atoms with Crippen LogP contribution in [0.25, 0.3) is 0 Å². The molecule has 2 aromatic rings. The van der Waals surface area contributed by atoms with E-state index in [0.717, 1.165) is 61.7 Å². The maximum Gasteiger partial charge on any atom is 0.335 e. The molecular weight excluding hydrogens is 438 g/mol. The molecule has 1 unspecified atom stereocenters. The molecule has 1 heterocycles. The van der Waals surface area contributed by atoms with Gasteiger partial charge in [0, 0.05) is 23.5 Å². The molecule has 1 spiro atoms. The molecule has 1 fully saturated rings. The lowest BCUT2D eigenvalue weighted by Crippen LogP contribution is -2.49. The Morgan fingerprint density at radius 2 is 2.15 bits per heavy atom. The van der Waals surface area contributed by atoms with Gasteiger partial charge in [-0.15, -0.1) is 6.58 Å². The smallest absolute Gasteiger partial charge is 0.335 e. The fourth-order valence-corrected chi connectivity index (χ4v) is 6.17. The first-order valence-corrected chi connectivity index (χ1v) is 12.1. The summed E-state index contributed by atoms with van der Waals surface area (Å²) in [6, 6.07) is 11.3. The Labute approximate surface area is 199 Å². The summed E-state index contributed by atoms with van der Waals surface area (Å²) in [4.78, 5) is 14.0. The third-order valence-corrected chi connectivity index (χ3v) is 8.13. The molecule has 0 bridgehead atoms. The van der Waals surface area contributed by atoms with Gasteiger partial charge in [-0.1, -0.05) is 23.7 Å². The normalized spacial score (nSPS) is 26.9. The van der Waals surface area contributed by atoms with Crippen LogP contribution in [0.5, 0.6) is 5.75 Å². The van der Waals surface area contributed by atoms with Gasteiger partial charge in [0.15, 0.2) is 0 Å². The molecule has 1 aliphatic heterocycles. The number of aromatic carboxylic acids is 1. The van der Waals surface area contributed by atoms with E-state index >= 15 is 0 Å². The maximum absolute atomic E-state index is 11.7. The minimum atomic E-state index is -0.946. The number of rotatable bonds is 5. The Morgan fingerprint density at radius 1 is 1.30 bits per heavy atom. The number of hydrogen-bond donors (Lipinski definition) is 2. The van der Waals surface area contributed by atoms with E-state index in [4.69, 9.17) is 16.3 Å². The standard InChI is InChI=1S/C27H30ClNO4/c1-2-24(30)21-8-5-19(21)14-29-15-27(11-3-4-17-12-20(28)7-9-22(17)27)16-33-25-10-6-18(26(31)32)13-23(25)29/h2,6-7,9-10,12-13,19,21,24,30H,1,3-5,8,11,14-16H2,(H,31,32)/t19-,21+,24+,27?/m0/s1. The second-order valence-electron chi connectivity index (χ2n) is 9.82. The summed E-state index contributed by atoms with van der Waals surface area (Å²) in [6.45, 7) is 5.80. The number of carboxylic acid groups (broad SMARTS) is 1. The van der Waals surface area contributed by atoms with E-state index in [1.165, 1.54) is 11.1 Å². The van der Waals surface area contributed by atoms with E-state index in [1.807, 2.05) is 6.07 Å². The number of carboxylic acids is 1. The van der Waals surface area contributed by atoms with Gasteiger partial charge in [0.1, 0.15) is 5.75 Å². The van der Waals surface area contributed by atoms with Crippen LogP contribution in [0, 0.1) is 11.8 Å². The zero-order valence-electron chi connectivity index (χ0n) is 18.7. The average Bonchev–Trinajstić information content (AvgIpc) is 2.93. The number of carbonyl (C=O) groups is 1. The summed E-state index contributed by atoms with van der Waals surface area (Å²) in [5, 5.41) is 20.8. The number of fused-ring (bicyclic) bond motifs is 3. The molecule has 6 heteroatoms. The number of anilines is 1. The summed E-state index contributed by atoms with van der Waals surface area (Å²) in [6.07, 6.45) is 6.20. The van der Waals surface area contributed by atoms with Crippen molar-refractivity contribution in [2.75, 3.05) is 24.6 Å². The van der Waals surface area contributed by atoms with Crippen LogP contribution < -0.4 is 9.64 Å². The largest absolute Gasteiger partial charge is 0.490 e. The molecule has 174 valence electrons. The van der Waals surface area contributed by atoms with Crippen LogP contribution in [0.2, 0.25) is 5.02 Å². The Bertz CT molecular complexity index is 1090. The maximum atomic E-state index is 11.7. The summed E-state index contributed by atoms with van der Waals surface area (Å²) in [7, 11) is 0. The van der Waals surface area contributed by atoms with Gasteiger partial charge in [-0.3, -0.25) is 0 Å². The molecule has 5 rings (SSSR count). The number of hydrogen-bond acceptors (Lipinski definition) is 4. The molecule has 2 aromatic carbocycles. The molecule has 33 heavy (non-hydrogen) atoms. The summed E-state index contributed by atoms with van der Waals surface area (Å²) in [5.74, 6) is 0.282. The molecule has 5 nitrogen and oxygen atoms in total. The second kappa shape index (κ2) is 8.69. The molecule has 3 aliphatic rings. The number of nitrogens with zero attached hydrogens (tertiary/aromatic N) is 1. The van der Waals surface area contributed by atoms with Gasteiger partial charge < -0.3 is 19.8 Å². The molecule has 4 atom stereocenters. The lowest BCUT2D eigenvalue weighted by Gasteiger charge is -2.45. The quantitative estimate of drug-likeness (QED) is 0.600. The van der Waals surface area contributed by atoms with Gasteiger partial charge in [-0.05, 0) is 85.4 Å². The van der Waals surface area contributed by atoms with Crippen LogP contribution in [0.3, 0.4) is 0 Å². The number of benzene rings is 2. The Morgan fingerprint density at radius 3 is 2.88 bits per heavy atom. The van der Waals surface area contributed by atoms with Gasteiger partial charge in [0.05, 0.1) is 24.0 Å². The molecule has 1 saturated carbocycles. The predicted octanol–water partition coefficient (Wildman–Crippen LogP) is 5.08. The van der Waals surface area contributed by atoms with Gasteiger partial charge in [-0.25, -0.2) is 4.79 Å². The number of aryl methyl sites for hydroxylation is 1. The monoisotopic (exact) mass is 467 g/mol. The Kier molecular flexibility index (Phi) is 5.87. The van der Waals surface area contributed by atoms with Crippen LogP contribution >= 0.6 is 11.6 Å². The lowest BCUT2D eigenvalue weighted by atomic mass is 9.68. The van der Waals surface area contributed by atoms with Crippen molar-refractivity contribution in [1.82, 2.24) is 0 Å². The van der Waals surface area contributed by atoms with E-state index in [-0.39, 0.29) is 16.9 Å². The SMILES string of the molecule is C=C[C@@H](O)[C@@H]1CC[C@H]1CN1CC2(CCCc3cc(Cl)ccc32)COc2ccc(C(=O)O)cc21. The zero-order chi connectivity index (χ0) is 23.2. The fraction of sp³-hybridized carbons (Fsp3) is 0.444. The minimum Gasteiger partial charge on any atom is -0.490 e. The highest BCUT2D eigenvalue weighted by Gasteiger charge is 2.44. The van der Waals surface area contributed by atoms with Gasteiger partial charge in [-0.2, -0.15) is 0 Å². The molecule has 2 N–H and O–H groups in total. The first kappa shape index (κ1) is 22.3. The predicted molar refractivity (Wildman–Crippen MR) is 130 cm³/mol. The number of halogens is 1. The minimum absolute atomic E-state index is 0.186. The van der Waals surface area contributed by atoms with Crippen LogP contribution in [-0.4, -0.2) is 42.0 Å². The van der Waals surface area contributed by atoms with Crippen LogP contribution in [0.4, 0.5) is 5.69 Å². The number of aliphatic hydroxyl groups excluding tert-OH is 1. The molecule has 0 aromatic heterocycles. The van der Waals surface area contributed by atoms with Crippen molar-refractivity contribution in [3.05, 3.63) is 70.8 Å². The molecule has 0 amide bonds. The van der Waals surface area contributed by atoms with Crippen molar-refractivity contribution in [3.8, 4) is 5.75 Å². The first-order chi connectivity index (χ1) is 15.9. The highest BCUT2D eigenvalue weighted by molar-refractivity contribution is 6.30. The van der Waals surface area contributed by atoms with E-state index in [2.05, 4.69) is 23.6 Å². The molecule has 2 aliphatic carbocycles. The van der Waals surface area contributed by atoms with Crippen molar-refractivity contribution in [2.24, 2.45) is 11.8 Å². The fourth-order valence-electron chi connectivity index (χ4n) is 5.98. The number of ether oxygens (including phenoxy) is 1. The zero-order valence-corrected chi connectivity index (χ0v) is 19.4. The summed E-state index contributed by atoms with van der Waals surface area (Å²) in [5.41, 5.74) is 3.44. The molecule has 0 saturated heterocycles.